The Hall–Kier alpha value is -3.08. The van der Waals surface area contributed by atoms with Crippen LogP contribution < -0.4 is 10.6 Å². The van der Waals surface area contributed by atoms with Crippen LogP contribution in [-0.2, 0) is 11.2 Å². The third-order valence-electron chi connectivity index (χ3n) is 5.26. The van der Waals surface area contributed by atoms with Gasteiger partial charge in [0.1, 0.15) is 0 Å². The van der Waals surface area contributed by atoms with Gasteiger partial charge in [-0.15, -0.1) is 0 Å². The number of nitrogens with zero attached hydrogens (tertiary/aromatic N) is 1. The Morgan fingerprint density at radius 3 is 2.56 bits per heavy atom. The van der Waals surface area contributed by atoms with Gasteiger partial charge in [-0.1, -0.05) is 54.6 Å². The minimum absolute atomic E-state index is 0.0128. The lowest BCUT2D eigenvalue weighted by Crippen LogP contribution is -2.44. The van der Waals surface area contributed by atoms with Crippen molar-refractivity contribution in [1.29, 1.82) is 0 Å². The van der Waals surface area contributed by atoms with Gasteiger partial charge in [0.25, 0.3) is 5.91 Å². The molecule has 2 aliphatic heterocycles. The largest absolute Gasteiger partial charge is 0.333 e. The Labute approximate surface area is 159 Å². The van der Waals surface area contributed by atoms with Crippen molar-refractivity contribution in [1.82, 2.24) is 15.5 Å². The van der Waals surface area contributed by atoms with E-state index in [4.69, 9.17) is 0 Å². The van der Waals surface area contributed by atoms with Crippen LogP contribution in [0.5, 0.6) is 0 Å². The van der Waals surface area contributed by atoms with Gasteiger partial charge in [0.15, 0.2) is 0 Å². The van der Waals surface area contributed by atoms with E-state index >= 15 is 0 Å². The second-order valence-corrected chi connectivity index (χ2v) is 7.10. The van der Waals surface area contributed by atoms with E-state index in [0.717, 1.165) is 29.7 Å². The quantitative estimate of drug-likeness (QED) is 0.860. The van der Waals surface area contributed by atoms with Gasteiger partial charge in [0, 0.05) is 6.54 Å². The summed E-state index contributed by atoms with van der Waals surface area (Å²) in [5.74, 6) is 0.0128. The first-order chi connectivity index (χ1) is 13.1. The fourth-order valence-corrected chi connectivity index (χ4v) is 3.87. The van der Waals surface area contributed by atoms with Crippen molar-refractivity contribution < 1.29 is 9.59 Å². The first-order valence-electron chi connectivity index (χ1n) is 9.33. The maximum absolute atomic E-state index is 13.1. The molecule has 1 unspecified atom stereocenters. The maximum atomic E-state index is 13.1. The number of carbonyl (C=O) groups excluding carboxylic acids is 2. The van der Waals surface area contributed by atoms with Crippen molar-refractivity contribution in [2.75, 3.05) is 13.1 Å². The van der Waals surface area contributed by atoms with Crippen LogP contribution >= 0.6 is 0 Å². The van der Waals surface area contributed by atoms with Gasteiger partial charge in [0.05, 0.1) is 23.9 Å². The highest BCUT2D eigenvalue weighted by molar-refractivity contribution is 6.01. The molecule has 2 aromatic rings. The molecule has 5 nitrogen and oxygen atoms in total. The summed E-state index contributed by atoms with van der Waals surface area (Å²) < 4.78 is 0. The van der Waals surface area contributed by atoms with Crippen molar-refractivity contribution in [3.05, 3.63) is 82.6 Å². The van der Waals surface area contributed by atoms with E-state index in [1.54, 1.807) is 0 Å². The SMILES string of the molecule is Cc1ccccc1C1NC(=O)NC2=C1C(=O)N(CCCc1ccccc1)C2. The van der Waals surface area contributed by atoms with Gasteiger partial charge in [-0.25, -0.2) is 4.79 Å². The maximum Gasteiger partial charge on any atom is 0.319 e. The van der Waals surface area contributed by atoms with Crippen molar-refractivity contribution in [2.24, 2.45) is 0 Å². The summed E-state index contributed by atoms with van der Waals surface area (Å²) in [5.41, 5.74) is 4.71. The van der Waals surface area contributed by atoms with Crippen LogP contribution in [0.25, 0.3) is 0 Å². The second-order valence-electron chi connectivity index (χ2n) is 7.10. The molecule has 0 saturated carbocycles. The van der Waals surface area contributed by atoms with Gasteiger partial charge >= 0.3 is 6.03 Å². The van der Waals surface area contributed by atoms with E-state index < -0.39 is 0 Å². The molecule has 1 atom stereocenters. The number of aryl methyl sites for hydroxylation is 2. The molecule has 27 heavy (non-hydrogen) atoms. The highest BCUT2D eigenvalue weighted by atomic mass is 16.2. The molecular formula is C22H23N3O2. The monoisotopic (exact) mass is 361 g/mol. The summed E-state index contributed by atoms with van der Waals surface area (Å²) >= 11 is 0. The standard InChI is InChI=1S/C22H23N3O2/c1-15-8-5-6-12-17(15)20-19-18(23-22(27)24-20)14-25(21(19)26)13-7-11-16-9-3-2-4-10-16/h2-6,8-10,12,20H,7,11,13-14H2,1H3,(H2,23,24,27). The van der Waals surface area contributed by atoms with E-state index in [0.29, 0.717) is 18.7 Å². The number of hydrogen-bond acceptors (Lipinski definition) is 2. The van der Waals surface area contributed by atoms with Crippen molar-refractivity contribution in [2.45, 2.75) is 25.8 Å². The summed E-state index contributed by atoms with van der Waals surface area (Å²) in [5, 5.41) is 5.76. The van der Waals surface area contributed by atoms with Crippen LogP contribution in [0.4, 0.5) is 4.79 Å². The van der Waals surface area contributed by atoms with E-state index in [1.807, 2.05) is 54.3 Å². The Bertz CT molecular complexity index is 905. The van der Waals surface area contributed by atoms with Gasteiger partial charge < -0.3 is 15.5 Å². The molecule has 0 saturated heterocycles. The van der Waals surface area contributed by atoms with Gasteiger partial charge in [0.2, 0.25) is 0 Å². The van der Waals surface area contributed by atoms with Crippen molar-refractivity contribution in [3.8, 4) is 0 Å². The number of hydrogen-bond donors (Lipinski definition) is 2. The Morgan fingerprint density at radius 1 is 1.04 bits per heavy atom. The summed E-state index contributed by atoms with van der Waals surface area (Å²) in [7, 11) is 0. The van der Waals surface area contributed by atoms with E-state index in [9.17, 15) is 9.59 Å². The zero-order valence-corrected chi connectivity index (χ0v) is 15.4. The predicted molar refractivity (Wildman–Crippen MR) is 104 cm³/mol. The average Bonchev–Trinajstić information content (AvgIpc) is 2.98. The molecule has 2 heterocycles. The molecule has 0 fully saturated rings. The lowest BCUT2D eigenvalue weighted by molar-refractivity contribution is -0.125. The van der Waals surface area contributed by atoms with E-state index in [2.05, 4.69) is 22.8 Å². The van der Waals surface area contributed by atoms with Crippen molar-refractivity contribution in [3.63, 3.8) is 0 Å². The number of urea groups is 1. The summed E-state index contributed by atoms with van der Waals surface area (Å²) in [4.78, 5) is 27.0. The minimum Gasteiger partial charge on any atom is -0.333 e. The molecule has 2 N–H and O–H groups in total. The number of rotatable bonds is 5. The normalized spacial score (nSPS) is 19.0. The van der Waals surface area contributed by atoms with E-state index in [1.165, 1.54) is 5.56 Å². The van der Waals surface area contributed by atoms with Crippen LogP contribution in [0.15, 0.2) is 65.9 Å². The Kier molecular flexibility index (Phi) is 4.67. The van der Waals surface area contributed by atoms with Gasteiger partial charge in [-0.2, -0.15) is 0 Å². The van der Waals surface area contributed by atoms with Gasteiger partial charge in [-0.3, -0.25) is 4.79 Å². The topological polar surface area (TPSA) is 61.4 Å². The first-order valence-corrected chi connectivity index (χ1v) is 9.33. The Morgan fingerprint density at radius 2 is 1.78 bits per heavy atom. The van der Waals surface area contributed by atoms with Crippen LogP contribution in [-0.4, -0.2) is 29.9 Å². The fourth-order valence-electron chi connectivity index (χ4n) is 3.87. The lowest BCUT2D eigenvalue weighted by Gasteiger charge is -2.26. The molecule has 0 radical (unpaired) electrons. The first kappa shape index (κ1) is 17.3. The number of carbonyl (C=O) groups is 2. The average molecular weight is 361 g/mol. The van der Waals surface area contributed by atoms with Gasteiger partial charge in [-0.05, 0) is 36.5 Å². The van der Waals surface area contributed by atoms with Crippen LogP contribution in [0.1, 0.15) is 29.2 Å². The van der Waals surface area contributed by atoms with Crippen molar-refractivity contribution >= 4 is 11.9 Å². The third-order valence-corrected chi connectivity index (χ3v) is 5.26. The number of benzene rings is 2. The highest BCUT2D eigenvalue weighted by Crippen LogP contribution is 2.33. The molecule has 138 valence electrons. The molecule has 0 spiro atoms. The minimum atomic E-state index is -0.387. The molecule has 0 bridgehead atoms. The fraction of sp³-hybridized carbons (Fsp3) is 0.273. The third kappa shape index (κ3) is 3.45. The molecule has 2 aromatic carbocycles. The summed E-state index contributed by atoms with van der Waals surface area (Å²) in [6, 6.07) is 17.5. The number of amides is 3. The molecular weight excluding hydrogens is 338 g/mol. The van der Waals surface area contributed by atoms with E-state index in [-0.39, 0.29) is 18.0 Å². The van der Waals surface area contributed by atoms with Crippen LogP contribution in [0, 0.1) is 6.92 Å². The smallest absolute Gasteiger partial charge is 0.319 e. The zero-order valence-electron chi connectivity index (χ0n) is 15.4. The molecule has 2 aliphatic rings. The zero-order chi connectivity index (χ0) is 18.8. The number of nitrogens with one attached hydrogen (secondary N) is 2. The van der Waals surface area contributed by atoms with Crippen LogP contribution in [0.3, 0.4) is 0 Å². The molecule has 5 heteroatoms. The van der Waals surface area contributed by atoms with Crippen LogP contribution in [0.2, 0.25) is 0 Å². The Balaban J connectivity index is 1.49. The highest BCUT2D eigenvalue weighted by Gasteiger charge is 2.40. The molecule has 4 rings (SSSR count). The molecule has 3 amide bonds. The molecule has 0 aliphatic carbocycles. The summed E-state index contributed by atoms with van der Waals surface area (Å²) in [6.07, 6.45) is 1.83. The summed E-state index contributed by atoms with van der Waals surface area (Å²) in [6.45, 7) is 3.15. The second kappa shape index (κ2) is 7.27. The molecule has 0 aromatic heterocycles. The lowest BCUT2D eigenvalue weighted by atomic mass is 9.93. The predicted octanol–water partition coefficient (Wildman–Crippen LogP) is 3.08.